The first-order valence-electron chi connectivity index (χ1n) is 2.47. The molecule has 0 saturated heterocycles. The van der Waals surface area contributed by atoms with E-state index in [1.54, 1.807) is 12.2 Å². The summed E-state index contributed by atoms with van der Waals surface area (Å²) in [5, 5.41) is 0.424. The Bertz CT molecular complexity index is 172. The summed E-state index contributed by atoms with van der Waals surface area (Å²) in [6, 6.07) is 0. The summed E-state index contributed by atoms with van der Waals surface area (Å²) in [7, 11) is 0. The molecule has 0 aromatic rings. The topological polar surface area (TPSA) is 26.3 Å². The molecule has 3 heteroatoms. The van der Waals surface area contributed by atoms with E-state index in [1.165, 1.54) is 6.26 Å². The van der Waals surface area contributed by atoms with Crippen LogP contribution in [0.4, 0.5) is 0 Å². The lowest BCUT2D eigenvalue weighted by Crippen LogP contribution is -2.13. The minimum Gasteiger partial charge on any atom is -0.485 e. The molecule has 0 aromatic heterocycles. The molecule has 0 bridgehead atoms. The molecule has 0 spiro atoms. The molecule has 0 saturated carbocycles. The SMILES string of the molecule is O=CC1OC=CC=C1Cl. The first kappa shape index (κ1) is 6.36. The number of hydrogen-bond acceptors (Lipinski definition) is 2. The number of aldehydes is 1. The second-order valence-electron chi connectivity index (χ2n) is 1.57. The molecule has 48 valence electrons. The molecule has 1 aliphatic heterocycles. The van der Waals surface area contributed by atoms with Crippen molar-refractivity contribution in [3.8, 4) is 0 Å². The Hall–Kier alpha value is -0.760. The van der Waals surface area contributed by atoms with Crippen LogP contribution in [-0.4, -0.2) is 12.4 Å². The van der Waals surface area contributed by atoms with Gasteiger partial charge in [0.2, 0.25) is 0 Å². The quantitative estimate of drug-likeness (QED) is 0.518. The van der Waals surface area contributed by atoms with Crippen LogP contribution in [0.1, 0.15) is 0 Å². The van der Waals surface area contributed by atoms with Crippen LogP contribution in [0, 0.1) is 0 Å². The fourth-order valence-corrected chi connectivity index (χ4v) is 0.694. The molecule has 1 heterocycles. The molecular weight excluding hydrogens is 140 g/mol. The fraction of sp³-hybridized carbons (Fsp3) is 0.167. The minimum atomic E-state index is -0.586. The van der Waals surface area contributed by atoms with E-state index in [-0.39, 0.29) is 0 Å². The Kier molecular flexibility index (Phi) is 1.90. The van der Waals surface area contributed by atoms with Crippen LogP contribution >= 0.6 is 11.6 Å². The van der Waals surface area contributed by atoms with Crippen LogP contribution < -0.4 is 0 Å². The maximum absolute atomic E-state index is 10.1. The highest BCUT2D eigenvalue weighted by molar-refractivity contribution is 6.31. The molecule has 0 amide bonds. The highest BCUT2D eigenvalue weighted by atomic mass is 35.5. The largest absolute Gasteiger partial charge is 0.485 e. The Balaban J connectivity index is 2.69. The zero-order valence-corrected chi connectivity index (χ0v) is 5.34. The third kappa shape index (κ3) is 1.33. The van der Waals surface area contributed by atoms with Gasteiger partial charge in [-0.15, -0.1) is 0 Å². The summed E-state index contributed by atoms with van der Waals surface area (Å²) < 4.78 is 4.79. The van der Waals surface area contributed by atoms with E-state index in [4.69, 9.17) is 16.3 Å². The van der Waals surface area contributed by atoms with Crippen molar-refractivity contribution in [1.82, 2.24) is 0 Å². The van der Waals surface area contributed by atoms with E-state index in [2.05, 4.69) is 0 Å². The molecule has 1 unspecified atom stereocenters. The van der Waals surface area contributed by atoms with E-state index < -0.39 is 6.10 Å². The van der Waals surface area contributed by atoms with E-state index in [0.717, 1.165) is 0 Å². The van der Waals surface area contributed by atoms with Crippen molar-refractivity contribution in [2.24, 2.45) is 0 Å². The number of halogens is 1. The van der Waals surface area contributed by atoms with Gasteiger partial charge in [-0.3, -0.25) is 4.79 Å². The minimum absolute atomic E-state index is 0.424. The lowest BCUT2D eigenvalue weighted by molar-refractivity contribution is -0.113. The normalized spacial score (nSPS) is 24.6. The van der Waals surface area contributed by atoms with Gasteiger partial charge in [0.25, 0.3) is 0 Å². The van der Waals surface area contributed by atoms with Crippen molar-refractivity contribution in [2.75, 3.05) is 0 Å². The summed E-state index contributed by atoms with van der Waals surface area (Å²) in [5.74, 6) is 0. The van der Waals surface area contributed by atoms with Crippen molar-refractivity contribution in [2.45, 2.75) is 6.10 Å². The van der Waals surface area contributed by atoms with Gasteiger partial charge in [0, 0.05) is 0 Å². The summed E-state index contributed by atoms with van der Waals surface area (Å²) in [5.41, 5.74) is 0. The fourth-order valence-electron chi connectivity index (χ4n) is 0.518. The third-order valence-corrected chi connectivity index (χ3v) is 1.30. The van der Waals surface area contributed by atoms with Crippen molar-refractivity contribution >= 4 is 17.9 Å². The second kappa shape index (κ2) is 2.69. The molecule has 0 aliphatic carbocycles. The third-order valence-electron chi connectivity index (χ3n) is 0.955. The number of rotatable bonds is 1. The van der Waals surface area contributed by atoms with E-state index in [0.29, 0.717) is 11.3 Å². The number of ether oxygens (including phenoxy) is 1. The van der Waals surface area contributed by atoms with Gasteiger partial charge in [-0.2, -0.15) is 0 Å². The van der Waals surface area contributed by atoms with Gasteiger partial charge >= 0.3 is 0 Å². The zero-order chi connectivity index (χ0) is 6.69. The smallest absolute Gasteiger partial charge is 0.188 e. The Morgan fingerprint density at radius 1 is 1.78 bits per heavy atom. The lowest BCUT2D eigenvalue weighted by Gasteiger charge is -2.10. The average Bonchev–Trinajstić information content (AvgIpc) is 1.89. The van der Waals surface area contributed by atoms with Crippen LogP contribution in [0.5, 0.6) is 0 Å². The maximum Gasteiger partial charge on any atom is 0.188 e. The molecule has 9 heavy (non-hydrogen) atoms. The Morgan fingerprint density at radius 3 is 3.00 bits per heavy atom. The number of carbonyl (C=O) groups is 1. The van der Waals surface area contributed by atoms with Crippen LogP contribution in [0.25, 0.3) is 0 Å². The van der Waals surface area contributed by atoms with E-state index in [1.807, 2.05) is 0 Å². The molecular formula is C6H5ClO2. The molecule has 2 nitrogen and oxygen atoms in total. The predicted octanol–water partition coefficient (Wildman–Crippen LogP) is 1.22. The summed E-state index contributed by atoms with van der Waals surface area (Å²) in [6.07, 6.45) is 4.77. The highest BCUT2D eigenvalue weighted by Gasteiger charge is 2.11. The number of allylic oxidation sites excluding steroid dienone is 2. The second-order valence-corrected chi connectivity index (χ2v) is 2.01. The van der Waals surface area contributed by atoms with Crippen LogP contribution in [0.3, 0.4) is 0 Å². The van der Waals surface area contributed by atoms with E-state index in [9.17, 15) is 4.79 Å². The molecule has 0 N–H and O–H groups in total. The first-order valence-corrected chi connectivity index (χ1v) is 2.85. The van der Waals surface area contributed by atoms with Crippen molar-refractivity contribution in [1.29, 1.82) is 0 Å². The van der Waals surface area contributed by atoms with Crippen molar-refractivity contribution in [3.63, 3.8) is 0 Å². The highest BCUT2D eigenvalue weighted by Crippen LogP contribution is 2.13. The van der Waals surface area contributed by atoms with Gasteiger partial charge in [-0.25, -0.2) is 0 Å². The Labute approximate surface area is 57.8 Å². The van der Waals surface area contributed by atoms with Gasteiger partial charge in [-0.05, 0) is 12.2 Å². The molecule has 0 aromatic carbocycles. The monoisotopic (exact) mass is 144 g/mol. The molecule has 0 fully saturated rings. The summed E-state index contributed by atoms with van der Waals surface area (Å²) >= 11 is 5.54. The Morgan fingerprint density at radius 2 is 2.56 bits per heavy atom. The van der Waals surface area contributed by atoms with Crippen LogP contribution in [0.2, 0.25) is 0 Å². The summed E-state index contributed by atoms with van der Waals surface area (Å²) in [4.78, 5) is 10.1. The van der Waals surface area contributed by atoms with Gasteiger partial charge in [0.1, 0.15) is 0 Å². The average molecular weight is 145 g/mol. The van der Waals surface area contributed by atoms with Gasteiger partial charge in [-0.1, -0.05) is 11.6 Å². The maximum atomic E-state index is 10.1. The molecule has 1 rings (SSSR count). The zero-order valence-electron chi connectivity index (χ0n) is 4.58. The molecule has 1 aliphatic rings. The van der Waals surface area contributed by atoms with Crippen LogP contribution in [0.15, 0.2) is 23.4 Å². The molecule has 0 radical (unpaired) electrons. The van der Waals surface area contributed by atoms with Gasteiger partial charge in [0.05, 0.1) is 11.3 Å². The number of hydrogen-bond donors (Lipinski definition) is 0. The number of carbonyl (C=O) groups excluding carboxylic acids is 1. The van der Waals surface area contributed by atoms with Gasteiger partial charge in [0.15, 0.2) is 12.4 Å². The molecule has 1 atom stereocenters. The lowest BCUT2D eigenvalue weighted by atomic mass is 10.3. The standard InChI is InChI=1S/C6H5ClO2/c7-5-2-1-3-9-6(5)4-8/h1-4,6H. The van der Waals surface area contributed by atoms with Crippen LogP contribution in [-0.2, 0) is 9.53 Å². The van der Waals surface area contributed by atoms with Gasteiger partial charge < -0.3 is 4.74 Å². The summed E-state index contributed by atoms with van der Waals surface area (Å²) in [6.45, 7) is 0. The van der Waals surface area contributed by atoms with E-state index >= 15 is 0 Å². The van der Waals surface area contributed by atoms with Crippen molar-refractivity contribution in [3.05, 3.63) is 23.4 Å². The predicted molar refractivity (Wildman–Crippen MR) is 34.0 cm³/mol. The van der Waals surface area contributed by atoms with Crippen molar-refractivity contribution < 1.29 is 9.53 Å². The first-order chi connectivity index (χ1) is 4.34.